The Balaban J connectivity index is 2.48. The molecule has 0 aliphatic carbocycles. The van der Waals surface area contributed by atoms with Crippen LogP contribution in [0.1, 0.15) is 4.88 Å². The minimum Gasteiger partial charge on any atom is -0.479 e. The van der Waals surface area contributed by atoms with E-state index in [1.807, 2.05) is 6.07 Å². The smallest absolute Gasteiger partial charge is 0.341 e. The molecular weight excluding hydrogens is 228 g/mol. The van der Waals surface area contributed by atoms with Gasteiger partial charge < -0.3 is 9.84 Å². The molecule has 0 saturated carbocycles. The number of carbonyl (C=O) groups is 1. The highest BCUT2D eigenvalue weighted by molar-refractivity contribution is 7.19. The van der Waals surface area contributed by atoms with E-state index in [4.69, 9.17) is 15.1 Å². The molecule has 0 aromatic carbocycles. The van der Waals surface area contributed by atoms with Crippen LogP contribution >= 0.6 is 11.3 Å². The summed E-state index contributed by atoms with van der Waals surface area (Å²) in [5, 5.41) is 18.1. The molecule has 0 radical (unpaired) electrons. The number of pyridine rings is 1. The van der Waals surface area contributed by atoms with E-state index in [9.17, 15) is 4.79 Å². The number of carboxylic acids is 1. The van der Waals surface area contributed by atoms with Crippen molar-refractivity contribution in [2.24, 2.45) is 0 Å². The second kappa shape index (κ2) is 4.16. The van der Waals surface area contributed by atoms with Gasteiger partial charge in [0.25, 0.3) is 0 Å². The van der Waals surface area contributed by atoms with Crippen molar-refractivity contribution >= 4 is 27.5 Å². The van der Waals surface area contributed by atoms with E-state index in [0.717, 1.165) is 0 Å². The molecule has 0 aliphatic rings. The molecule has 5 nitrogen and oxygen atoms in total. The molecule has 80 valence electrons. The first-order valence-electron chi connectivity index (χ1n) is 4.34. The highest BCUT2D eigenvalue weighted by atomic mass is 32.1. The first-order chi connectivity index (χ1) is 7.72. The third-order valence-electron chi connectivity index (χ3n) is 1.86. The van der Waals surface area contributed by atoms with Crippen LogP contribution in [0.15, 0.2) is 18.3 Å². The van der Waals surface area contributed by atoms with E-state index in [-0.39, 0.29) is 0 Å². The van der Waals surface area contributed by atoms with Crippen molar-refractivity contribution in [1.82, 2.24) is 4.98 Å². The number of fused-ring (bicyclic) bond motifs is 1. The van der Waals surface area contributed by atoms with E-state index < -0.39 is 12.6 Å². The van der Waals surface area contributed by atoms with Gasteiger partial charge in [0, 0.05) is 6.20 Å². The highest BCUT2D eigenvalue weighted by Gasteiger charge is 2.14. The molecule has 16 heavy (non-hydrogen) atoms. The number of carboxylic acid groups (broad SMARTS) is 1. The zero-order valence-corrected chi connectivity index (χ0v) is 8.82. The Labute approximate surface area is 94.5 Å². The number of thiophene rings is 1. The van der Waals surface area contributed by atoms with Gasteiger partial charge in [0.05, 0.1) is 5.39 Å². The summed E-state index contributed by atoms with van der Waals surface area (Å²) < 4.78 is 5.09. The number of hydrogen-bond donors (Lipinski definition) is 1. The van der Waals surface area contributed by atoms with Crippen molar-refractivity contribution in [3.05, 3.63) is 23.2 Å². The Hall–Kier alpha value is -2.13. The van der Waals surface area contributed by atoms with E-state index in [1.54, 1.807) is 18.3 Å². The van der Waals surface area contributed by atoms with Crippen molar-refractivity contribution in [2.45, 2.75) is 0 Å². The zero-order valence-electron chi connectivity index (χ0n) is 8.01. The predicted octanol–water partition coefficient (Wildman–Crippen LogP) is 1.63. The number of nitriles is 1. The lowest BCUT2D eigenvalue weighted by Crippen LogP contribution is -2.09. The molecule has 6 heteroatoms. The van der Waals surface area contributed by atoms with Gasteiger partial charge in [-0.25, -0.2) is 9.78 Å². The van der Waals surface area contributed by atoms with Gasteiger partial charge in [-0.15, -0.1) is 11.3 Å². The topological polar surface area (TPSA) is 83.2 Å². The first kappa shape index (κ1) is 10.4. The number of ether oxygens (including phenoxy) is 1. The molecule has 0 saturated heterocycles. The molecule has 1 N–H and O–H groups in total. The number of nitrogens with zero attached hydrogens (tertiary/aromatic N) is 2. The third-order valence-corrected chi connectivity index (χ3v) is 2.86. The quantitative estimate of drug-likeness (QED) is 0.872. The van der Waals surface area contributed by atoms with Gasteiger partial charge in [0.15, 0.2) is 12.4 Å². The van der Waals surface area contributed by atoms with Crippen LogP contribution in [-0.4, -0.2) is 22.7 Å². The standard InChI is InChI=1S/C10H6N2O3S/c11-4-7-9(15-5-8(13)14)6-2-1-3-12-10(6)16-7/h1-3H,5H2,(H,13,14). The van der Waals surface area contributed by atoms with Gasteiger partial charge in [-0.1, -0.05) is 0 Å². The molecule has 2 rings (SSSR count). The summed E-state index contributed by atoms with van der Waals surface area (Å²) >= 11 is 1.19. The molecule has 0 spiro atoms. The summed E-state index contributed by atoms with van der Waals surface area (Å²) in [6.07, 6.45) is 1.61. The second-order valence-corrected chi connectivity index (χ2v) is 3.91. The Morgan fingerprint density at radius 2 is 2.50 bits per heavy atom. The Bertz CT molecular complexity index is 585. The number of aromatic nitrogens is 1. The fraction of sp³-hybridized carbons (Fsp3) is 0.100. The monoisotopic (exact) mass is 234 g/mol. The Morgan fingerprint density at radius 3 is 3.19 bits per heavy atom. The van der Waals surface area contributed by atoms with E-state index in [2.05, 4.69) is 4.98 Å². The second-order valence-electron chi connectivity index (χ2n) is 2.91. The molecule has 0 fully saturated rings. The Kier molecular flexibility index (Phi) is 2.70. The van der Waals surface area contributed by atoms with Crippen LogP contribution in [0.4, 0.5) is 0 Å². The first-order valence-corrected chi connectivity index (χ1v) is 5.16. The number of rotatable bonds is 3. The fourth-order valence-corrected chi connectivity index (χ4v) is 2.15. The lowest BCUT2D eigenvalue weighted by Gasteiger charge is -2.00. The largest absolute Gasteiger partial charge is 0.479 e. The molecule has 0 atom stereocenters. The zero-order chi connectivity index (χ0) is 11.5. The minimum atomic E-state index is -1.08. The average Bonchev–Trinajstić information content (AvgIpc) is 2.64. The molecule has 0 unspecified atom stereocenters. The normalized spacial score (nSPS) is 9.94. The van der Waals surface area contributed by atoms with Crippen LogP contribution in [0.5, 0.6) is 5.75 Å². The van der Waals surface area contributed by atoms with Crippen LogP contribution < -0.4 is 4.74 Å². The number of aliphatic carboxylic acids is 1. The molecule has 0 bridgehead atoms. The van der Waals surface area contributed by atoms with Gasteiger partial charge in [-0.05, 0) is 12.1 Å². The maximum atomic E-state index is 10.4. The van der Waals surface area contributed by atoms with Crippen LogP contribution in [0.2, 0.25) is 0 Å². The lowest BCUT2D eigenvalue weighted by molar-refractivity contribution is -0.139. The fourth-order valence-electron chi connectivity index (χ4n) is 1.26. The summed E-state index contributed by atoms with van der Waals surface area (Å²) in [4.78, 5) is 15.5. The Morgan fingerprint density at radius 1 is 1.69 bits per heavy atom. The van der Waals surface area contributed by atoms with Crippen LogP contribution in [0.25, 0.3) is 10.2 Å². The van der Waals surface area contributed by atoms with Crippen molar-refractivity contribution in [3.8, 4) is 11.8 Å². The average molecular weight is 234 g/mol. The summed E-state index contributed by atoms with van der Waals surface area (Å²) in [5.41, 5.74) is 0. The van der Waals surface area contributed by atoms with Crippen LogP contribution in [0.3, 0.4) is 0 Å². The van der Waals surface area contributed by atoms with E-state index in [1.165, 1.54) is 11.3 Å². The van der Waals surface area contributed by atoms with Gasteiger partial charge in [-0.3, -0.25) is 0 Å². The molecule has 2 aromatic rings. The number of hydrogen-bond acceptors (Lipinski definition) is 5. The van der Waals surface area contributed by atoms with Gasteiger partial charge in [0.2, 0.25) is 0 Å². The van der Waals surface area contributed by atoms with E-state index >= 15 is 0 Å². The molecule has 0 aliphatic heterocycles. The summed E-state index contributed by atoms with van der Waals surface area (Å²) in [6.45, 7) is -0.463. The SMILES string of the molecule is N#Cc1sc2ncccc2c1OCC(=O)O. The van der Waals surface area contributed by atoms with Gasteiger partial charge in [0.1, 0.15) is 15.8 Å². The van der Waals surface area contributed by atoms with Gasteiger partial charge >= 0.3 is 5.97 Å². The predicted molar refractivity (Wildman–Crippen MR) is 57.5 cm³/mol. The molecule has 2 heterocycles. The summed E-state index contributed by atoms with van der Waals surface area (Å²) in [6, 6.07) is 5.43. The molecular formula is C10H6N2O3S. The maximum absolute atomic E-state index is 10.4. The van der Waals surface area contributed by atoms with Crippen LogP contribution in [-0.2, 0) is 4.79 Å². The van der Waals surface area contributed by atoms with Crippen molar-refractivity contribution in [2.75, 3.05) is 6.61 Å². The summed E-state index contributed by atoms with van der Waals surface area (Å²) in [5.74, 6) is -0.773. The third kappa shape index (κ3) is 1.81. The summed E-state index contributed by atoms with van der Waals surface area (Å²) in [7, 11) is 0. The van der Waals surface area contributed by atoms with Crippen molar-refractivity contribution in [1.29, 1.82) is 5.26 Å². The highest BCUT2D eigenvalue weighted by Crippen LogP contribution is 2.35. The molecule has 0 amide bonds. The lowest BCUT2D eigenvalue weighted by atomic mass is 10.3. The van der Waals surface area contributed by atoms with Crippen molar-refractivity contribution in [3.63, 3.8) is 0 Å². The van der Waals surface area contributed by atoms with E-state index in [0.29, 0.717) is 20.8 Å². The van der Waals surface area contributed by atoms with Crippen LogP contribution in [0, 0.1) is 11.3 Å². The molecule has 2 aromatic heterocycles. The van der Waals surface area contributed by atoms with Gasteiger partial charge in [-0.2, -0.15) is 5.26 Å². The van der Waals surface area contributed by atoms with Crippen molar-refractivity contribution < 1.29 is 14.6 Å². The minimum absolute atomic E-state index is 0.304. The maximum Gasteiger partial charge on any atom is 0.341 e.